The number of benzene rings is 2. The zero-order valence-electron chi connectivity index (χ0n) is 27.0. The zero-order chi connectivity index (χ0) is 29.7. The molecule has 2 fully saturated rings. The number of piperazine rings is 1. The van der Waals surface area contributed by atoms with Gasteiger partial charge in [0, 0.05) is 62.6 Å². The molecule has 0 amide bonds. The number of likely N-dealkylation sites (tertiary alicyclic amines) is 1. The van der Waals surface area contributed by atoms with Gasteiger partial charge >= 0.3 is 0 Å². The summed E-state index contributed by atoms with van der Waals surface area (Å²) in [6, 6.07) is 18.1. The fraction of sp³-hybridized carbons (Fsp3) is 0.647. The molecule has 0 aromatic heterocycles. The minimum absolute atomic E-state index is 0.162. The van der Waals surface area contributed by atoms with Gasteiger partial charge in [-0.25, -0.2) is 4.39 Å². The quantitative estimate of drug-likeness (QED) is 0.434. The molecule has 0 saturated carbocycles. The first-order chi connectivity index (χ1) is 19.0. The van der Waals surface area contributed by atoms with Crippen LogP contribution < -0.4 is 10.2 Å². The van der Waals surface area contributed by atoms with E-state index in [9.17, 15) is 4.39 Å². The Bertz CT molecular complexity index is 930. The molecule has 226 valence electrons. The highest BCUT2D eigenvalue weighted by Crippen LogP contribution is 2.18. The molecule has 4 rings (SSSR count). The van der Waals surface area contributed by atoms with Gasteiger partial charge < -0.3 is 20.0 Å². The summed E-state index contributed by atoms with van der Waals surface area (Å²) < 4.78 is 12.8. The maximum atomic E-state index is 12.8. The highest BCUT2D eigenvalue weighted by atomic mass is 19.1. The Balaban J connectivity index is 0.000000214. The van der Waals surface area contributed by atoms with Crippen LogP contribution in [0.5, 0.6) is 0 Å². The molecule has 0 atom stereocenters. The molecule has 0 unspecified atom stereocenters. The molecular weight excluding hydrogens is 497 g/mol. The Morgan fingerprint density at radius 3 is 1.98 bits per heavy atom. The molecule has 2 aromatic carbocycles. The Morgan fingerprint density at radius 1 is 0.875 bits per heavy atom. The van der Waals surface area contributed by atoms with Crippen molar-refractivity contribution in [1.29, 1.82) is 0 Å². The van der Waals surface area contributed by atoms with Gasteiger partial charge in [-0.3, -0.25) is 4.90 Å². The van der Waals surface area contributed by atoms with Crippen molar-refractivity contribution < 1.29 is 4.39 Å². The van der Waals surface area contributed by atoms with Crippen LogP contribution in [0.3, 0.4) is 0 Å². The predicted octanol–water partition coefficient (Wildman–Crippen LogP) is 6.27. The predicted molar refractivity (Wildman–Crippen MR) is 172 cm³/mol. The molecule has 5 nitrogen and oxygen atoms in total. The Hall–Kier alpha value is -1.99. The molecule has 40 heavy (non-hydrogen) atoms. The molecule has 2 heterocycles. The van der Waals surface area contributed by atoms with E-state index in [1.165, 1.54) is 49.2 Å². The SMILES string of the molecule is CC(C)N(C)C1CCN(C)CC1.CC(C)N1CCN(c2ccc(F)cc2)CC1.Cc1cccc(CNC(C)C)c1. The summed E-state index contributed by atoms with van der Waals surface area (Å²) in [6.07, 6.45) is 2.68. The Labute approximate surface area is 245 Å². The van der Waals surface area contributed by atoms with Gasteiger partial charge in [-0.1, -0.05) is 43.7 Å². The van der Waals surface area contributed by atoms with E-state index in [1.807, 2.05) is 12.1 Å². The van der Waals surface area contributed by atoms with Crippen molar-refractivity contribution >= 4 is 5.69 Å². The van der Waals surface area contributed by atoms with E-state index in [0.717, 1.165) is 44.5 Å². The van der Waals surface area contributed by atoms with Gasteiger partial charge in [0.05, 0.1) is 0 Å². The highest BCUT2D eigenvalue weighted by molar-refractivity contribution is 5.46. The first-order valence-corrected chi connectivity index (χ1v) is 15.4. The third-order valence-electron chi connectivity index (χ3n) is 8.11. The number of hydrogen-bond donors (Lipinski definition) is 1. The number of hydrogen-bond acceptors (Lipinski definition) is 5. The number of anilines is 1. The monoisotopic (exact) mass is 555 g/mol. The maximum Gasteiger partial charge on any atom is 0.123 e. The van der Waals surface area contributed by atoms with Crippen LogP contribution in [0.25, 0.3) is 0 Å². The van der Waals surface area contributed by atoms with Crippen LogP contribution in [0.1, 0.15) is 65.5 Å². The molecule has 2 aliphatic heterocycles. The summed E-state index contributed by atoms with van der Waals surface area (Å²) in [7, 11) is 4.46. The summed E-state index contributed by atoms with van der Waals surface area (Å²) in [6.45, 7) is 23.2. The van der Waals surface area contributed by atoms with Crippen LogP contribution in [0.4, 0.5) is 10.1 Å². The smallest absolute Gasteiger partial charge is 0.123 e. The van der Waals surface area contributed by atoms with Crippen LogP contribution in [0, 0.1) is 12.7 Å². The summed E-state index contributed by atoms with van der Waals surface area (Å²) >= 11 is 0. The standard InChI is InChI=1S/C13H19FN2.C11H17N.C10H22N2/c1-11(2)15-7-9-16(10-8-15)13-5-3-12(14)4-6-13;1-9(2)12-8-11-6-4-5-10(3)7-11;1-9(2)12(4)10-5-7-11(3)8-6-10/h3-6,11H,7-10H2,1-2H3;4-7,9,12H,8H2,1-3H3;9-10H,5-8H2,1-4H3. The van der Waals surface area contributed by atoms with E-state index in [1.54, 1.807) is 0 Å². The van der Waals surface area contributed by atoms with Gasteiger partial charge in [0.15, 0.2) is 0 Å². The van der Waals surface area contributed by atoms with E-state index < -0.39 is 0 Å². The number of nitrogens with zero attached hydrogens (tertiary/aromatic N) is 4. The van der Waals surface area contributed by atoms with Gasteiger partial charge in [0.2, 0.25) is 0 Å². The molecule has 1 N–H and O–H groups in total. The van der Waals surface area contributed by atoms with Gasteiger partial charge in [0.1, 0.15) is 5.82 Å². The topological polar surface area (TPSA) is 25.0 Å². The van der Waals surface area contributed by atoms with Gasteiger partial charge in [-0.05, 0) is 104 Å². The number of rotatable bonds is 7. The summed E-state index contributed by atoms with van der Waals surface area (Å²) in [5, 5.41) is 3.39. The molecule has 0 spiro atoms. The first-order valence-electron chi connectivity index (χ1n) is 15.4. The molecule has 2 aromatic rings. The lowest BCUT2D eigenvalue weighted by molar-refractivity contribution is 0.120. The number of nitrogens with one attached hydrogen (secondary N) is 1. The molecule has 2 aliphatic rings. The van der Waals surface area contributed by atoms with E-state index >= 15 is 0 Å². The molecule has 0 aliphatic carbocycles. The average molecular weight is 556 g/mol. The normalized spacial score (nSPS) is 17.2. The van der Waals surface area contributed by atoms with Gasteiger partial charge in [0.25, 0.3) is 0 Å². The number of halogens is 1. The third kappa shape index (κ3) is 12.7. The number of aryl methyl sites for hydroxylation is 1. The van der Waals surface area contributed by atoms with Crippen molar-refractivity contribution in [1.82, 2.24) is 20.0 Å². The van der Waals surface area contributed by atoms with Gasteiger partial charge in [-0.15, -0.1) is 0 Å². The lowest BCUT2D eigenvalue weighted by Gasteiger charge is -2.38. The summed E-state index contributed by atoms with van der Waals surface area (Å²) in [4.78, 5) is 9.72. The fourth-order valence-electron chi connectivity index (χ4n) is 5.12. The molecule has 0 radical (unpaired) electrons. The van der Waals surface area contributed by atoms with Crippen molar-refractivity contribution in [2.24, 2.45) is 0 Å². The van der Waals surface area contributed by atoms with E-state index in [2.05, 4.69) is 112 Å². The van der Waals surface area contributed by atoms with E-state index in [0.29, 0.717) is 18.1 Å². The van der Waals surface area contributed by atoms with Crippen molar-refractivity contribution in [3.63, 3.8) is 0 Å². The average Bonchev–Trinajstić information content (AvgIpc) is 2.93. The van der Waals surface area contributed by atoms with Crippen LogP contribution in [-0.2, 0) is 6.54 Å². The molecule has 6 heteroatoms. The highest BCUT2D eigenvalue weighted by Gasteiger charge is 2.21. The number of piperidine rings is 1. The van der Waals surface area contributed by atoms with E-state index in [4.69, 9.17) is 0 Å². The Kier molecular flexibility index (Phi) is 15.2. The maximum absolute atomic E-state index is 12.8. The minimum atomic E-state index is -0.162. The summed E-state index contributed by atoms with van der Waals surface area (Å²) in [5.41, 5.74) is 3.83. The van der Waals surface area contributed by atoms with Crippen molar-refractivity contribution in [2.75, 3.05) is 58.3 Å². The molecular formula is C34H58FN5. The molecule has 2 saturated heterocycles. The zero-order valence-corrected chi connectivity index (χ0v) is 27.0. The van der Waals surface area contributed by atoms with Crippen molar-refractivity contribution in [3.8, 4) is 0 Å². The van der Waals surface area contributed by atoms with Crippen LogP contribution >= 0.6 is 0 Å². The minimum Gasteiger partial charge on any atom is -0.369 e. The lowest BCUT2D eigenvalue weighted by atomic mass is 10.0. The lowest BCUT2D eigenvalue weighted by Crippen LogP contribution is -2.48. The van der Waals surface area contributed by atoms with Crippen molar-refractivity contribution in [3.05, 3.63) is 65.5 Å². The fourth-order valence-corrected chi connectivity index (χ4v) is 5.12. The molecule has 0 bridgehead atoms. The second-order valence-corrected chi connectivity index (χ2v) is 12.4. The van der Waals surface area contributed by atoms with E-state index in [-0.39, 0.29) is 5.82 Å². The third-order valence-corrected chi connectivity index (χ3v) is 8.11. The van der Waals surface area contributed by atoms with Crippen LogP contribution in [0.15, 0.2) is 48.5 Å². The summed E-state index contributed by atoms with van der Waals surface area (Å²) in [5.74, 6) is -0.162. The van der Waals surface area contributed by atoms with Gasteiger partial charge in [-0.2, -0.15) is 0 Å². The second-order valence-electron chi connectivity index (χ2n) is 12.4. The van der Waals surface area contributed by atoms with Crippen LogP contribution in [0.2, 0.25) is 0 Å². The largest absolute Gasteiger partial charge is 0.369 e. The van der Waals surface area contributed by atoms with Crippen LogP contribution in [-0.4, -0.2) is 92.2 Å². The Morgan fingerprint density at radius 2 is 1.48 bits per heavy atom. The van der Waals surface area contributed by atoms with Crippen molar-refractivity contribution in [2.45, 2.75) is 92.0 Å². The second kappa shape index (κ2) is 17.7. The first kappa shape index (κ1) is 34.2.